The van der Waals surface area contributed by atoms with Crippen LogP contribution in [0.3, 0.4) is 0 Å². The van der Waals surface area contributed by atoms with Gasteiger partial charge in [0.15, 0.2) is 0 Å². The number of benzene rings is 2. The van der Waals surface area contributed by atoms with Crippen LogP contribution in [0.15, 0.2) is 54.6 Å². The molecule has 1 heterocycles. The summed E-state index contributed by atoms with van der Waals surface area (Å²) in [7, 11) is 0. The number of nitrogens with zero attached hydrogens (tertiary/aromatic N) is 2. The van der Waals surface area contributed by atoms with Gasteiger partial charge in [-0.15, -0.1) is 0 Å². The molecule has 3 N–H and O–H groups in total. The lowest BCUT2D eigenvalue weighted by molar-refractivity contribution is -0.384. The Labute approximate surface area is 235 Å². The molecule has 10 nitrogen and oxygen atoms in total. The number of carbonyl (C=O) groups excluding carboxylic acids is 3. The topological polar surface area (TPSA) is 142 Å². The molecule has 0 saturated carbocycles. The summed E-state index contributed by atoms with van der Waals surface area (Å²) < 4.78 is 0. The minimum absolute atomic E-state index is 0.0263. The van der Waals surface area contributed by atoms with E-state index in [-0.39, 0.29) is 49.0 Å². The number of hydrogen-bond donors (Lipinski definition) is 3. The van der Waals surface area contributed by atoms with Crippen LogP contribution in [0.1, 0.15) is 63.0 Å². The molecular weight excluding hydrogens is 512 g/mol. The largest absolute Gasteiger partial charge is 0.394 e. The molecular formula is C30H40N4O6. The number of likely N-dealkylation sites (tertiary alicyclic amines) is 1. The second-order valence-electron chi connectivity index (χ2n) is 10.4. The van der Waals surface area contributed by atoms with Gasteiger partial charge in [0.25, 0.3) is 5.69 Å². The Bertz CT molecular complexity index is 1120. The van der Waals surface area contributed by atoms with E-state index < -0.39 is 16.9 Å². The fourth-order valence-electron chi connectivity index (χ4n) is 5.05. The van der Waals surface area contributed by atoms with E-state index >= 15 is 0 Å². The highest BCUT2D eigenvalue weighted by Crippen LogP contribution is 2.21. The molecule has 216 valence electrons. The molecule has 0 aromatic heterocycles. The van der Waals surface area contributed by atoms with Crippen molar-refractivity contribution in [1.29, 1.82) is 0 Å². The fraction of sp³-hybridized carbons (Fsp3) is 0.500. The lowest BCUT2D eigenvalue weighted by Gasteiger charge is -2.29. The van der Waals surface area contributed by atoms with Crippen molar-refractivity contribution in [2.75, 3.05) is 13.2 Å². The Morgan fingerprint density at radius 1 is 1.07 bits per heavy atom. The van der Waals surface area contributed by atoms with Crippen LogP contribution < -0.4 is 10.6 Å². The van der Waals surface area contributed by atoms with E-state index in [4.69, 9.17) is 0 Å². The van der Waals surface area contributed by atoms with E-state index in [1.165, 1.54) is 12.1 Å². The first kappa shape index (κ1) is 30.7. The summed E-state index contributed by atoms with van der Waals surface area (Å²) in [5, 5.41) is 26.4. The first-order chi connectivity index (χ1) is 19.3. The van der Waals surface area contributed by atoms with Crippen molar-refractivity contribution in [1.82, 2.24) is 15.5 Å². The number of amides is 3. The van der Waals surface area contributed by atoms with E-state index in [9.17, 15) is 29.6 Å². The predicted octanol–water partition coefficient (Wildman–Crippen LogP) is 3.51. The maximum atomic E-state index is 13.6. The molecule has 1 saturated heterocycles. The average Bonchev–Trinajstić information content (AvgIpc) is 3.44. The number of aliphatic hydroxyl groups is 1. The van der Waals surface area contributed by atoms with Gasteiger partial charge < -0.3 is 20.6 Å². The first-order valence-corrected chi connectivity index (χ1v) is 14.1. The molecule has 3 unspecified atom stereocenters. The van der Waals surface area contributed by atoms with Crippen molar-refractivity contribution in [3.8, 4) is 0 Å². The van der Waals surface area contributed by atoms with E-state index in [1.54, 1.807) is 17.0 Å². The molecule has 2 aromatic rings. The molecule has 2 aromatic carbocycles. The van der Waals surface area contributed by atoms with E-state index in [2.05, 4.69) is 17.6 Å². The van der Waals surface area contributed by atoms with Gasteiger partial charge in [0, 0.05) is 44.0 Å². The number of unbranched alkanes of at least 4 members (excludes halogenated alkanes) is 2. The zero-order chi connectivity index (χ0) is 28.9. The smallest absolute Gasteiger partial charge is 0.269 e. The highest BCUT2D eigenvalue weighted by Gasteiger charge is 2.35. The highest BCUT2D eigenvalue weighted by molar-refractivity contribution is 5.91. The van der Waals surface area contributed by atoms with Crippen molar-refractivity contribution in [3.05, 3.63) is 75.8 Å². The molecule has 3 atom stereocenters. The van der Waals surface area contributed by atoms with Gasteiger partial charge in [0.2, 0.25) is 17.7 Å². The lowest BCUT2D eigenvalue weighted by Crippen LogP contribution is -2.53. The van der Waals surface area contributed by atoms with Gasteiger partial charge in [0.05, 0.1) is 17.6 Å². The van der Waals surface area contributed by atoms with Crippen LogP contribution in [0.5, 0.6) is 0 Å². The molecule has 0 bridgehead atoms. The molecule has 3 rings (SSSR count). The third-order valence-corrected chi connectivity index (χ3v) is 7.36. The summed E-state index contributed by atoms with van der Waals surface area (Å²) >= 11 is 0. The summed E-state index contributed by atoms with van der Waals surface area (Å²) in [5.74, 6) is -1.47. The Morgan fingerprint density at radius 3 is 2.45 bits per heavy atom. The molecule has 3 amide bonds. The van der Waals surface area contributed by atoms with Crippen molar-refractivity contribution in [2.45, 2.75) is 76.9 Å². The van der Waals surface area contributed by atoms with Gasteiger partial charge in [-0.2, -0.15) is 0 Å². The van der Waals surface area contributed by atoms with Crippen LogP contribution in [0.2, 0.25) is 0 Å². The Hall–Kier alpha value is -3.79. The minimum atomic E-state index is -0.807. The summed E-state index contributed by atoms with van der Waals surface area (Å²) in [6, 6.07) is 14.3. The van der Waals surface area contributed by atoms with Crippen molar-refractivity contribution in [3.63, 3.8) is 0 Å². The fourth-order valence-corrected chi connectivity index (χ4v) is 5.05. The molecule has 0 aliphatic carbocycles. The maximum Gasteiger partial charge on any atom is 0.269 e. The lowest BCUT2D eigenvalue weighted by atomic mass is 9.95. The second-order valence-corrected chi connectivity index (χ2v) is 10.4. The van der Waals surface area contributed by atoms with Crippen molar-refractivity contribution in [2.24, 2.45) is 5.92 Å². The summed E-state index contributed by atoms with van der Waals surface area (Å²) in [4.78, 5) is 52.0. The number of nitrogens with one attached hydrogen (secondary N) is 2. The van der Waals surface area contributed by atoms with E-state index in [0.29, 0.717) is 24.9 Å². The van der Waals surface area contributed by atoms with Crippen LogP contribution in [-0.2, 0) is 27.3 Å². The van der Waals surface area contributed by atoms with Crippen LogP contribution in [0, 0.1) is 16.0 Å². The molecule has 0 spiro atoms. The number of nitro benzene ring substituents is 1. The average molecular weight is 553 g/mol. The number of nitro groups is 1. The van der Waals surface area contributed by atoms with Crippen molar-refractivity contribution < 1.29 is 24.4 Å². The molecule has 1 aliphatic rings. The number of carbonyl (C=O) groups is 3. The van der Waals surface area contributed by atoms with Gasteiger partial charge in [-0.05, 0) is 30.4 Å². The minimum Gasteiger partial charge on any atom is -0.394 e. The maximum absolute atomic E-state index is 13.6. The van der Waals surface area contributed by atoms with Crippen LogP contribution in [0.25, 0.3) is 0 Å². The van der Waals surface area contributed by atoms with Gasteiger partial charge >= 0.3 is 0 Å². The third kappa shape index (κ3) is 9.15. The monoisotopic (exact) mass is 552 g/mol. The predicted molar refractivity (Wildman–Crippen MR) is 151 cm³/mol. The standard InChI is InChI=1S/C30H40N4O6/c1-2-3-5-11-24(19-28(36)31-20-23-13-15-25(16-14-23)34(39)40)29(37)32-27(18-22-9-6-4-7-10-22)30(38)33-17-8-12-26(33)21-35/h4,6-7,9-10,13-16,24,26-27,35H,2-3,5,8,11-12,17-21H2,1H3,(H,31,36)(H,32,37). The second kappa shape index (κ2) is 15.7. The SMILES string of the molecule is CCCCCC(CC(=O)NCc1ccc([N+](=O)[O-])cc1)C(=O)NC(Cc1ccccc1)C(=O)N1CCCC1CO. The van der Waals surface area contributed by atoms with E-state index in [0.717, 1.165) is 37.7 Å². The first-order valence-electron chi connectivity index (χ1n) is 14.1. The number of rotatable bonds is 15. The van der Waals surface area contributed by atoms with Crippen LogP contribution in [-0.4, -0.2) is 57.9 Å². The molecule has 1 aliphatic heterocycles. The Balaban J connectivity index is 1.69. The number of non-ortho nitro benzene ring substituents is 1. The van der Waals surface area contributed by atoms with Crippen LogP contribution in [0.4, 0.5) is 5.69 Å². The molecule has 1 fully saturated rings. The summed E-state index contributed by atoms with van der Waals surface area (Å²) in [6.07, 6.45) is 4.99. The molecule has 40 heavy (non-hydrogen) atoms. The van der Waals surface area contributed by atoms with Crippen LogP contribution >= 0.6 is 0 Å². The quantitative estimate of drug-likeness (QED) is 0.175. The zero-order valence-corrected chi connectivity index (χ0v) is 23.1. The summed E-state index contributed by atoms with van der Waals surface area (Å²) in [6.45, 7) is 2.67. The number of aliphatic hydroxyl groups excluding tert-OH is 1. The Kier molecular flexibility index (Phi) is 12.1. The zero-order valence-electron chi connectivity index (χ0n) is 23.1. The third-order valence-electron chi connectivity index (χ3n) is 7.36. The van der Waals surface area contributed by atoms with Gasteiger partial charge in [-0.25, -0.2) is 0 Å². The highest BCUT2D eigenvalue weighted by atomic mass is 16.6. The normalized spacial score (nSPS) is 16.2. The van der Waals surface area contributed by atoms with Gasteiger partial charge in [-0.3, -0.25) is 24.5 Å². The number of hydrogen-bond acceptors (Lipinski definition) is 6. The Morgan fingerprint density at radius 2 is 1.80 bits per heavy atom. The van der Waals surface area contributed by atoms with Gasteiger partial charge in [-0.1, -0.05) is 68.7 Å². The molecule has 10 heteroatoms. The van der Waals surface area contributed by atoms with Gasteiger partial charge in [0.1, 0.15) is 6.04 Å². The van der Waals surface area contributed by atoms with E-state index in [1.807, 2.05) is 30.3 Å². The summed E-state index contributed by atoms with van der Waals surface area (Å²) in [5.41, 5.74) is 1.59. The van der Waals surface area contributed by atoms with Crippen molar-refractivity contribution >= 4 is 23.4 Å². The molecule has 0 radical (unpaired) electrons.